The summed E-state index contributed by atoms with van der Waals surface area (Å²) in [6, 6.07) is 77.2. The van der Waals surface area contributed by atoms with Gasteiger partial charge in [-0.2, -0.15) is 13.2 Å². The van der Waals surface area contributed by atoms with Gasteiger partial charge in [0.15, 0.2) is 0 Å². The molecule has 13 aromatic rings. The number of hydrogen-bond acceptors (Lipinski definition) is 1. The molecule has 0 spiro atoms. The lowest BCUT2D eigenvalue weighted by molar-refractivity contribution is -0.137. The molecule has 366 valence electrons. The third kappa shape index (κ3) is 8.23. The van der Waals surface area contributed by atoms with Crippen LogP contribution in [0.4, 0.5) is 13.2 Å². The van der Waals surface area contributed by atoms with E-state index in [1.807, 2.05) is 81.9 Å². The highest BCUT2D eigenvalue weighted by Crippen LogP contribution is 2.47. The highest BCUT2D eigenvalue weighted by atomic mass is 19.4. The topological polar surface area (TPSA) is 22.8 Å². The predicted octanol–water partition coefficient (Wildman–Crippen LogP) is 19.5. The zero-order valence-corrected chi connectivity index (χ0v) is 42.4. The Bertz CT molecular complexity index is 4170. The van der Waals surface area contributed by atoms with Gasteiger partial charge in [0.2, 0.25) is 0 Å². The molecule has 0 radical (unpaired) electrons. The fraction of sp³-hybridized carbons (Fsp3) is 0.0714. The number of halogens is 3. The molecule has 0 unspecified atom stereocenters. The maximum atomic E-state index is 16.6. The quantitative estimate of drug-likeness (QED) is 0.149. The number of fused-ring (bicyclic) bond motifs is 6. The summed E-state index contributed by atoms with van der Waals surface area (Å²) in [5.41, 5.74) is 17.9. The Kier molecular flexibility index (Phi) is 11.2. The van der Waals surface area contributed by atoms with Gasteiger partial charge in [-0.15, -0.1) is 0 Å². The molecule has 0 bridgehead atoms. The molecule has 13 rings (SSSR count). The van der Waals surface area contributed by atoms with Crippen molar-refractivity contribution in [3.63, 3.8) is 0 Å². The molecular weight excluding hydrogens is 940 g/mol. The SMILES string of the molecule is Cc1ccc(-c2ccc3c(c2)c2cc(-c4ccc(C)cc4)ccc2n3-c2cc(C(F)(F)F)c(-n3c4ccc(-c5ccc(C)cc5)cc4c4cc(-c5ccc(C)cc5)ccc43)cc2-c2cccc(-c3ccccc3)n2)cc1. The van der Waals surface area contributed by atoms with Crippen LogP contribution in [0.15, 0.2) is 231 Å². The van der Waals surface area contributed by atoms with Gasteiger partial charge in [-0.25, -0.2) is 4.98 Å². The number of nitrogens with zero attached hydrogens (tertiary/aromatic N) is 3. The molecule has 0 aliphatic heterocycles. The van der Waals surface area contributed by atoms with Gasteiger partial charge < -0.3 is 9.13 Å². The number of alkyl halides is 3. The number of aryl methyl sites for hydroxylation is 4. The summed E-state index contributed by atoms with van der Waals surface area (Å²) in [5, 5.41) is 3.54. The van der Waals surface area contributed by atoms with Crippen molar-refractivity contribution in [1.29, 1.82) is 0 Å². The van der Waals surface area contributed by atoms with E-state index in [1.165, 1.54) is 6.07 Å². The van der Waals surface area contributed by atoms with Crippen molar-refractivity contribution in [1.82, 2.24) is 14.1 Å². The van der Waals surface area contributed by atoms with E-state index in [4.69, 9.17) is 4.98 Å². The first-order valence-corrected chi connectivity index (χ1v) is 25.7. The molecule has 6 heteroatoms. The van der Waals surface area contributed by atoms with Crippen molar-refractivity contribution in [2.24, 2.45) is 0 Å². The first-order chi connectivity index (χ1) is 36.9. The fourth-order valence-corrected chi connectivity index (χ4v) is 11.0. The van der Waals surface area contributed by atoms with Crippen molar-refractivity contribution in [2.45, 2.75) is 33.9 Å². The monoisotopic (exact) mass is 989 g/mol. The lowest BCUT2D eigenvalue weighted by Crippen LogP contribution is -2.13. The van der Waals surface area contributed by atoms with Crippen LogP contribution in [0, 0.1) is 27.7 Å². The third-order valence-corrected chi connectivity index (χ3v) is 15.1. The Labute approximate surface area is 439 Å². The first kappa shape index (κ1) is 46.5. The van der Waals surface area contributed by atoms with Gasteiger partial charge in [-0.1, -0.05) is 180 Å². The van der Waals surface area contributed by atoms with Crippen LogP contribution in [0.3, 0.4) is 0 Å². The number of rotatable bonds is 8. The van der Waals surface area contributed by atoms with E-state index < -0.39 is 11.7 Å². The summed E-state index contributed by atoms with van der Waals surface area (Å²) in [6.07, 6.45) is -4.79. The summed E-state index contributed by atoms with van der Waals surface area (Å²) in [6.45, 7) is 8.26. The summed E-state index contributed by atoms with van der Waals surface area (Å²) in [7, 11) is 0. The second-order valence-electron chi connectivity index (χ2n) is 20.2. The minimum atomic E-state index is -4.79. The van der Waals surface area contributed by atoms with Gasteiger partial charge in [0, 0.05) is 32.7 Å². The Hall–Kier alpha value is -9.26. The largest absolute Gasteiger partial charge is 0.418 e. The summed E-state index contributed by atoms with van der Waals surface area (Å²) < 4.78 is 53.8. The standard InChI is InChI=1S/C70H50F3N3/c1-43-13-21-47(22-14-43)52-29-33-64-56(37-52)57-38-53(48-23-15-44(2)16-24-48)30-34-65(57)75(64)68-42-61(70(71,72)73)69(41-60(68)63-12-8-11-62(74-63)51-9-6-5-7-10-51)76-66-35-31-54(49-25-17-45(3)18-26-49)39-58(66)59-40-55(32-36-67(59)76)50-27-19-46(4)20-28-50/h5-42H,1-4H3. The Morgan fingerprint density at radius 2 is 0.645 bits per heavy atom. The van der Waals surface area contributed by atoms with Crippen LogP contribution in [-0.2, 0) is 6.18 Å². The van der Waals surface area contributed by atoms with E-state index in [0.29, 0.717) is 33.7 Å². The molecule has 0 saturated carbocycles. The predicted molar refractivity (Wildman–Crippen MR) is 309 cm³/mol. The number of pyridine rings is 1. The number of hydrogen-bond donors (Lipinski definition) is 0. The molecule has 0 saturated heterocycles. The van der Waals surface area contributed by atoms with Gasteiger partial charge in [-0.3, -0.25) is 0 Å². The molecule has 0 atom stereocenters. The van der Waals surface area contributed by atoms with E-state index in [1.54, 1.807) is 6.07 Å². The summed E-state index contributed by atoms with van der Waals surface area (Å²) >= 11 is 0. The molecule has 3 aromatic heterocycles. The molecule has 0 aliphatic carbocycles. The fourth-order valence-electron chi connectivity index (χ4n) is 11.0. The average molecular weight is 990 g/mol. The van der Waals surface area contributed by atoms with Gasteiger partial charge in [0.05, 0.1) is 50.4 Å². The van der Waals surface area contributed by atoms with Crippen LogP contribution >= 0.6 is 0 Å². The lowest BCUT2D eigenvalue weighted by atomic mass is 9.99. The maximum Gasteiger partial charge on any atom is 0.418 e. The highest BCUT2D eigenvalue weighted by Gasteiger charge is 2.37. The molecule has 0 aliphatic rings. The molecule has 3 nitrogen and oxygen atoms in total. The first-order valence-electron chi connectivity index (χ1n) is 25.7. The van der Waals surface area contributed by atoms with Crippen LogP contribution in [-0.4, -0.2) is 14.1 Å². The molecule has 0 N–H and O–H groups in total. The molecular formula is C70H50F3N3. The zero-order chi connectivity index (χ0) is 51.8. The highest BCUT2D eigenvalue weighted by molar-refractivity contribution is 6.14. The van der Waals surface area contributed by atoms with Gasteiger partial charge in [0.25, 0.3) is 0 Å². The Morgan fingerprint density at radius 1 is 0.303 bits per heavy atom. The van der Waals surface area contributed by atoms with Crippen LogP contribution in [0.5, 0.6) is 0 Å². The Morgan fingerprint density at radius 3 is 1.01 bits per heavy atom. The summed E-state index contributed by atoms with van der Waals surface area (Å²) in [5.74, 6) is 0. The van der Waals surface area contributed by atoms with Crippen LogP contribution < -0.4 is 0 Å². The van der Waals surface area contributed by atoms with Gasteiger partial charge in [0.1, 0.15) is 0 Å². The van der Waals surface area contributed by atoms with E-state index in [9.17, 15) is 0 Å². The van der Waals surface area contributed by atoms with Crippen molar-refractivity contribution < 1.29 is 13.2 Å². The van der Waals surface area contributed by atoms with E-state index >= 15 is 13.2 Å². The minimum absolute atomic E-state index is 0.00779. The number of benzene rings is 10. The molecule has 76 heavy (non-hydrogen) atoms. The molecule has 10 aromatic carbocycles. The van der Waals surface area contributed by atoms with Crippen molar-refractivity contribution in [3.8, 4) is 78.4 Å². The second-order valence-corrected chi connectivity index (χ2v) is 20.2. The second kappa shape index (κ2) is 18.3. The van der Waals surface area contributed by atoms with Gasteiger partial charge in [-0.05, 0) is 145 Å². The normalized spacial score (nSPS) is 11.9. The van der Waals surface area contributed by atoms with Crippen molar-refractivity contribution in [3.05, 3.63) is 258 Å². The van der Waals surface area contributed by atoms with Crippen molar-refractivity contribution in [2.75, 3.05) is 0 Å². The van der Waals surface area contributed by atoms with Gasteiger partial charge >= 0.3 is 6.18 Å². The van der Waals surface area contributed by atoms with E-state index in [0.717, 1.165) is 105 Å². The van der Waals surface area contributed by atoms with Crippen molar-refractivity contribution >= 4 is 43.6 Å². The maximum absolute atomic E-state index is 16.6. The average Bonchev–Trinajstić information content (AvgIpc) is 3.98. The van der Waals surface area contributed by atoms with E-state index in [2.05, 4.69) is 173 Å². The lowest BCUT2D eigenvalue weighted by Gasteiger charge is -2.22. The minimum Gasteiger partial charge on any atom is -0.309 e. The van der Waals surface area contributed by atoms with Crippen LogP contribution in [0.25, 0.3) is 122 Å². The summed E-state index contributed by atoms with van der Waals surface area (Å²) in [4.78, 5) is 5.30. The smallest absolute Gasteiger partial charge is 0.309 e. The Balaban J connectivity index is 1.13. The zero-order valence-electron chi connectivity index (χ0n) is 42.4. The molecule has 0 fully saturated rings. The van der Waals surface area contributed by atoms with Crippen LogP contribution in [0.1, 0.15) is 27.8 Å². The molecule has 0 amide bonds. The molecule has 3 heterocycles. The number of aromatic nitrogens is 3. The van der Waals surface area contributed by atoms with Crippen LogP contribution in [0.2, 0.25) is 0 Å². The third-order valence-electron chi connectivity index (χ3n) is 15.1. The van der Waals surface area contributed by atoms with E-state index in [-0.39, 0.29) is 5.69 Å².